The molecule has 0 aromatic heterocycles. The molecule has 0 bridgehead atoms. The lowest BCUT2D eigenvalue weighted by Crippen LogP contribution is -2.09. The lowest BCUT2D eigenvalue weighted by Gasteiger charge is -2.04. The zero-order chi connectivity index (χ0) is 10.6. The Morgan fingerprint density at radius 3 is 2.07 bits per heavy atom. The summed E-state index contributed by atoms with van der Waals surface area (Å²) < 4.78 is 0. The fraction of sp³-hybridized carbons (Fsp3) is 0.385. The van der Waals surface area contributed by atoms with Crippen LogP contribution in [0, 0.1) is 0 Å². The molecule has 0 saturated carbocycles. The standard InChI is InChI=1S/C13H19N/c1-10(2)13-8-6-12(7-9-13)5-4-11(3)14/h4-11H,14H2,1-3H3/b5-4+. The molecule has 0 aliphatic carbocycles. The summed E-state index contributed by atoms with van der Waals surface area (Å²) in [5.74, 6) is 0.599. The van der Waals surface area contributed by atoms with E-state index in [1.54, 1.807) is 0 Å². The Balaban J connectivity index is 2.73. The first-order valence-electron chi connectivity index (χ1n) is 5.13. The van der Waals surface area contributed by atoms with Crippen molar-refractivity contribution in [2.24, 2.45) is 5.73 Å². The van der Waals surface area contributed by atoms with Gasteiger partial charge in [-0.15, -0.1) is 0 Å². The van der Waals surface area contributed by atoms with Crippen LogP contribution in [0.2, 0.25) is 0 Å². The monoisotopic (exact) mass is 189 g/mol. The fourth-order valence-corrected chi connectivity index (χ4v) is 1.25. The molecule has 1 aromatic carbocycles. The van der Waals surface area contributed by atoms with Crippen LogP contribution in [-0.2, 0) is 0 Å². The van der Waals surface area contributed by atoms with E-state index in [9.17, 15) is 0 Å². The molecule has 1 nitrogen and oxygen atoms in total. The molecule has 1 unspecified atom stereocenters. The molecule has 0 aliphatic rings. The Hall–Kier alpha value is -1.08. The molecule has 0 spiro atoms. The van der Waals surface area contributed by atoms with Crippen LogP contribution in [0.15, 0.2) is 30.3 Å². The molecule has 1 heteroatoms. The summed E-state index contributed by atoms with van der Waals surface area (Å²) in [5, 5.41) is 0. The fourth-order valence-electron chi connectivity index (χ4n) is 1.25. The van der Waals surface area contributed by atoms with Crippen molar-refractivity contribution in [2.75, 3.05) is 0 Å². The van der Waals surface area contributed by atoms with E-state index in [-0.39, 0.29) is 6.04 Å². The Labute approximate surface area is 86.6 Å². The second kappa shape index (κ2) is 4.97. The number of hydrogen-bond acceptors (Lipinski definition) is 1. The average Bonchev–Trinajstić information content (AvgIpc) is 2.15. The lowest BCUT2D eigenvalue weighted by molar-refractivity contribution is 0.866. The maximum absolute atomic E-state index is 5.63. The summed E-state index contributed by atoms with van der Waals surface area (Å²) in [6, 6.07) is 8.74. The molecule has 0 saturated heterocycles. The summed E-state index contributed by atoms with van der Waals surface area (Å²) in [4.78, 5) is 0. The summed E-state index contributed by atoms with van der Waals surface area (Å²) >= 11 is 0. The third-order valence-electron chi connectivity index (χ3n) is 2.20. The molecule has 1 aromatic rings. The molecule has 0 aliphatic heterocycles. The van der Waals surface area contributed by atoms with Crippen LogP contribution in [0.25, 0.3) is 6.08 Å². The van der Waals surface area contributed by atoms with Gasteiger partial charge in [0.05, 0.1) is 0 Å². The van der Waals surface area contributed by atoms with Crippen molar-refractivity contribution in [3.8, 4) is 0 Å². The topological polar surface area (TPSA) is 26.0 Å². The van der Waals surface area contributed by atoms with E-state index in [4.69, 9.17) is 5.73 Å². The summed E-state index contributed by atoms with van der Waals surface area (Å²) in [5.41, 5.74) is 8.22. The van der Waals surface area contributed by atoms with Crippen molar-refractivity contribution >= 4 is 6.08 Å². The van der Waals surface area contributed by atoms with Crippen LogP contribution in [0.4, 0.5) is 0 Å². The van der Waals surface area contributed by atoms with Gasteiger partial charge in [0.1, 0.15) is 0 Å². The van der Waals surface area contributed by atoms with Crippen molar-refractivity contribution in [1.82, 2.24) is 0 Å². The molecule has 1 rings (SSSR count). The summed E-state index contributed by atoms with van der Waals surface area (Å²) in [6.07, 6.45) is 4.07. The first kappa shape index (κ1) is 11.0. The Morgan fingerprint density at radius 2 is 1.64 bits per heavy atom. The Morgan fingerprint density at radius 1 is 1.07 bits per heavy atom. The van der Waals surface area contributed by atoms with Crippen LogP contribution in [-0.4, -0.2) is 6.04 Å². The van der Waals surface area contributed by atoms with E-state index in [0.29, 0.717) is 5.92 Å². The smallest absolute Gasteiger partial charge is 0.0198 e. The number of nitrogens with two attached hydrogens (primary N) is 1. The van der Waals surface area contributed by atoms with Gasteiger partial charge in [-0.1, -0.05) is 50.3 Å². The predicted molar refractivity (Wildman–Crippen MR) is 63.2 cm³/mol. The third kappa shape index (κ3) is 3.35. The highest BCUT2D eigenvalue weighted by molar-refractivity contribution is 5.50. The van der Waals surface area contributed by atoms with E-state index in [2.05, 4.69) is 44.2 Å². The van der Waals surface area contributed by atoms with Crippen LogP contribution < -0.4 is 5.73 Å². The maximum atomic E-state index is 5.63. The van der Waals surface area contributed by atoms with Crippen molar-refractivity contribution in [2.45, 2.75) is 32.7 Å². The van der Waals surface area contributed by atoms with Gasteiger partial charge in [-0.3, -0.25) is 0 Å². The second-order valence-electron chi connectivity index (χ2n) is 4.04. The van der Waals surface area contributed by atoms with E-state index in [0.717, 1.165) is 0 Å². The lowest BCUT2D eigenvalue weighted by atomic mass is 10.0. The average molecular weight is 189 g/mol. The van der Waals surface area contributed by atoms with Crippen LogP contribution in [0.3, 0.4) is 0 Å². The second-order valence-corrected chi connectivity index (χ2v) is 4.04. The largest absolute Gasteiger partial charge is 0.325 e. The van der Waals surface area contributed by atoms with Crippen LogP contribution >= 0.6 is 0 Å². The molecule has 0 amide bonds. The van der Waals surface area contributed by atoms with E-state index < -0.39 is 0 Å². The predicted octanol–water partition coefficient (Wildman–Crippen LogP) is 3.17. The van der Waals surface area contributed by atoms with Gasteiger partial charge in [0, 0.05) is 6.04 Å². The minimum atomic E-state index is 0.125. The van der Waals surface area contributed by atoms with Gasteiger partial charge in [-0.25, -0.2) is 0 Å². The van der Waals surface area contributed by atoms with Gasteiger partial charge in [0.25, 0.3) is 0 Å². The molecule has 0 fully saturated rings. The molecule has 1 atom stereocenters. The van der Waals surface area contributed by atoms with E-state index >= 15 is 0 Å². The van der Waals surface area contributed by atoms with E-state index in [1.807, 2.05) is 13.0 Å². The number of hydrogen-bond donors (Lipinski definition) is 1. The molecule has 76 valence electrons. The quantitative estimate of drug-likeness (QED) is 0.776. The van der Waals surface area contributed by atoms with Crippen LogP contribution in [0.5, 0.6) is 0 Å². The van der Waals surface area contributed by atoms with Gasteiger partial charge < -0.3 is 5.73 Å². The minimum absolute atomic E-state index is 0.125. The molecule has 0 heterocycles. The maximum Gasteiger partial charge on any atom is 0.0198 e. The molecular formula is C13H19N. The molecule has 14 heavy (non-hydrogen) atoms. The van der Waals surface area contributed by atoms with Gasteiger partial charge in [0.2, 0.25) is 0 Å². The number of benzene rings is 1. The van der Waals surface area contributed by atoms with Gasteiger partial charge >= 0.3 is 0 Å². The summed E-state index contributed by atoms with van der Waals surface area (Å²) in [7, 11) is 0. The van der Waals surface area contributed by atoms with Crippen LogP contribution in [0.1, 0.15) is 37.8 Å². The first-order valence-corrected chi connectivity index (χ1v) is 5.13. The normalized spacial score (nSPS) is 13.8. The third-order valence-corrected chi connectivity index (χ3v) is 2.20. The highest BCUT2D eigenvalue weighted by Crippen LogP contribution is 2.15. The van der Waals surface area contributed by atoms with Crippen molar-refractivity contribution in [3.63, 3.8) is 0 Å². The van der Waals surface area contributed by atoms with Crippen molar-refractivity contribution in [1.29, 1.82) is 0 Å². The zero-order valence-corrected chi connectivity index (χ0v) is 9.20. The van der Waals surface area contributed by atoms with E-state index in [1.165, 1.54) is 11.1 Å². The van der Waals surface area contributed by atoms with Gasteiger partial charge in [0.15, 0.2) is 0 Å². The first-order chi connectivity index (χ1) is 6.59. The highest BCUT2D eigenvalue weighted by Gasteiger charge is 1.96. The molecular weight excluding hydrogens is 170 g/mol. The van der Waals surface area contributed by atoms with Gasteiger partial charge in [-0.05, 0) is 24.0 Å². The van der Waals surface area contributed by atoms with Crippen molar-refractivity contribution < 1.29 is 0 Å². The molecule has 0 radical (unpaired) electrons. The molecule has 2 N–H and O–H groups in total. The summed E-state index contributed by atoms with van der Waals surface area (Å²) in [6.45, 7) is 6.37. The highest BCUT2D eigenvalue weighted by atomic mass is 14.6. The Kier molecular flexibility index (Phi) is 3.90. The SMILES string of the molecule is CC(N)/C=C/c1ccc(C(C)C)cc1. The van der Waals surface area contributed by atoms with Gasteiger partial charge in [-0.2, -0.15) is 0 Å². The van der Waals surface area contributed by atoms with Crippen molar-refractivity contribution in [3.05, 3.63) is 41.5 Å². The number of rotatable bonds is 3. The minimum Gasteiger partial charge on any atom is -0.325 e. The Bertz CT molecular complexity index is 294. The zero-order valence-electron chi connectivity index (χ0n) is 9.20.